The zero-order chi connectivity index (χ0) is 18.4. The van der Waals surface area contributed by atoms with Gasteiger partial charge >= 0.3 is 6.18 Å². The van der Waals surface area contributed by atoms with Crippen molar-refractivity contribution in [3.05, 3.63) is 57.2 Å². The third kappa shape index (κ3) is 3.25. The molecule has 0 fully saturated rings. The highest BCUT2D eigenvalue weighted by molar-refractivity contribution is 7.98. The van der Waals surface area contributed by atoms with Gasteiger partial charge in [0, 0.05) is 29.6 Å². The fourth-order valence-corrected chi connectivity index (χ4v) is 3.14. The average Bonchev–Trinajstić information content (AvgIpc) is 2.96. The van der Waals surface area contributed by atoms with Gasteiger partial charge in [-0.05, 0) is 19.2 Å². The molecule has 1 atom stereocenters. The molecular weight excluding hydrogens is 377 g/mol. The van der Waals surface area contributed by atoms with Gasteiger partial charge in [0.15, 0.2) is 6.04 Å². The Morgan fingerprint density at radius 3 is 2.56 bits per heavy atom. The van der Waals surface area contributed by atoms with Gasteiger partial charge in [-0.3, -0.25) is 4.79 Å². The number of thioether (sulfide) groups is 1. The Hall–Kier alpha value is -2.00. The molecule has 0 spiro atoms. The van der Waals surface area contributed by atoms with Crippen LogP contribution in [-0.4, -0.2) is 31.6 Å². The third-order valence-corrected chi connectivity index (χ3v) is 4.52. The molecule has 10 heteroatoms. The van der Waals surface area contributed by atoms with Gasteiger partial charge in [-0.15, -0.1) is 11.8 Å². The lowest BCUT2D eigenvalue weighted by Gasteiger charge is -2.26. The van der Waals surface area contributed by atoms with E-state index in [1.807, 2.05) is 0 Å². The van der Waals surface area contributed by atoms with Crippen LogP contribution in [0, 0.1) is 6.92 Å². The second-order valence-corrected chi connectivity index (χ2v) is 6.52. The van der Waals surface area contributed by atoms with E-state index >= 15 is 0 Å². The number of aryl methyl sites for hydroxylation is 1. The Balaban J connectivity index is 2.35. The molecule has 0 aliphatic heterocycles. The van der Waals surface area contributed by atoms with Gasteiger partial charge in [-0.25, -0.2) is 4.98 Å². The van der Waals surface area contributed by atoms with E-state index in [0.717, 1.165) is 21.3 Å². The number of nitrogens with zero attached hydrogens (tertiary/aromatic N) is 4. The number of rotatable bonds is 3. The largest absolute Gasteiger partial charge is 0.413 e. The first-order valence-electron chi connectivity index (χ1n) is 7.06. The van der Waals surface area contributed by atoms with Gasteiger partial charge in [-0.2, -0.15) is 22.8 Å². The van der Waals surface area contributed by atoms with Crippen molar-refractivity contribution in [2.24, 2.45) is 0 Å². The van der Waals surface area contributed by atoms with Gasteiger partial charge in [0.05, 0.1) is 0 Å². The number of hydrogen-bond donors (Lipinski definition) is 0. The summed E-state index contributed by atoms with van der Waals surface area (Å²) in [4.78, 5) is 15.9. The van der Waals surface area contributed by atoms with Crippen molar-refractivity contribution in [2.75, 3.05) is 6.26 Å². The highest BCUT2D eigenvalue weighted by Gasteiger charge is 2.43. The van der Waals surface area contributed by atoms with E-state index in [4.69, 9.17) is 11.6 Å². The van der Waals surface area contributed by atoms with Gasteiger partial charge < -0.3 is 4.57 Å². The van der Waals surface area contributed by atoms with Crippen LogP contribution in [0.2, 0.25) is 5.15 Å². The number of alkyl halides is 3. The van der Waals surface area contributed by atoms with E-state index < -0.39 is 17.8 Å². The van der Waals surface area contributed by atoms with Crippen molar-refractivity contribution in [3.63, 3.8) is 0 Å². The lowest BCUT2D eigenvalue weighted by molar-refractivity contribution is -0.156. The molecule has 0 amide bonds. The van der Waals surface area contributed by atoms with Crippen molar-refractivity contribution in [1.29, 1.82) is 0 Å². The second-order valence-electron chi connectivity index (χ2n) is 5.31. The van der Waals surface area contributed by atoms with Crippen molar-refractivity contribution in [2.45, 2.75) is 24.2 Å². The monoisotopic (exact) mass is 388 g/mol. The maximum atomic E-state index is 13.9. The first kappa shape index (κ1) is 17.8. The van der Waals surface area contributed by atoms with Crippen molar-refractivity contribution < 1.29 is 13.2 Å². The Labute approximate surface area is 149 Å². The van der Waals surface area contributed by atoms with Crippen LogP contribution in [0.4, 0.5) is 13.2 Å². The Kier molecular flexibility index (Phi) is 4.54. The van der Waals surface area contributed by atoms with E-state index in [9.17, 15) is 18.0 Å². The van der Waals surface area contributed by atoms with Gasteiger partial charge in [-0.1, -0.05) is 17.7 Å². The second kappa shape index (κ2) is 6.38. The highest BCUT2D eigenvalue weighted by atomic mass is 35.5. The Morgan fingerprint density at radius 1 is 1.28 bits per heavy atom. The number of fused-ring (bicyclic) bond motifs is 1. The molecule has 5 nitrogen and oxygen atoms in total. The van der Waals surface area contributed by atoms with Crippen LogP contribution in [0.15, 0.2) is 40.3 Å². The molecule has 0 bridgehead atoms. The van der Waals surface area contributed by atoms with Crippen LogP contribution in [-0.2, 0) is 0 Å². The Morgan fingerprint density at radius 2 is 2.00 bits per heavy atom. The molecule has 0 N–H and O–H groups in total. The average molecular weight is 389 g/mol. The summed E-state index contributed by atoms with van der Waals surface area (Å²) in [6, 6.07) is 3.14. The minimum Gasteiger partial charge on any atom is -0.313 e. The molecule has 0 aliphatic rings. The fourth-order valence-electron chi connectivity index (χ4n) is 2.64. The molecule has 3 aromatic rings. The van der Waals surface area contributed by atoms with Crippen molar-refractivity contribution in [3.8, 4) is 0 Å². The van der Waals surface area contributed by atoms with E-state index in [1.165, 1.54) is 36.9 Å². The zero-order valence-corrected chi connectivity index (χ0v) is 14.7. The number of hydrogen-bond acceptors (Lipinski definition) is 4. The molecule has 0 aliphatic carbocycles. The lowest BCUT2D eigenvalue weighted by atomic mass is 10.1. The maximum absolute atomic E-state index is 13.9. The van der Waals surface area contributed by atoms with Gasteiger partial charge in [0.25, 0.3) is 5.56 Å². The predicted octanol–water partition coefficient (Wildman–Crippen LogP) is 3.73. The minimum atomic E-state index is -4.61. The first-order valence-corrected chi connectivity index (χ1v) is 8.66. The molecule has 0 saturated carbocycles. The molecule has 1 unspecified atom stereocenters. The first-order chi connectivity index (χ1) is 11.7. The number of pyridine rings is 1. The summed E-state index contributed by atoms with van der Waals surface area (Å²) in [6.45, 7) is 1.45. The molecule has 3 rings (SSSR count). The normalized spacial score (nSPS) is 13.4. The van der Waals surface area contributed by atoms with Crippen LogP contribution < -0.4 is 5.56 Å². The topological polar surface area (TPSA) is 52.2 Å². The summed E-state index contributed by atoms with van der Waals surface area (Å²) in [6.07, 6.45) is -1.80. The van der Waals surface area contributed by atoms with E-state index in [0.29, 0.717) is 5.03 Å². The van der Waals surface area contributed by atoms with E-state index in [1.54, 1.807) is 6.26 Å². The quantitative estimate of drug-likeness (QED) is 0.507. The molecule has 0 saturated heterocycles. The molecule has 0 radical (unpaired) electrons. The minimum absolute atomic E-state index is 0.0617. The van der Waals surface area contributed by atoms with Gasteiger partial charge in [0.2, 0.25) is 0 Å². The summed E-state index contributed by atoms with van der Waals surface area (Å²) in [5.41, 5.74) is -0.342. The van der Waals surface area contributed by atoms with Gasteiger partial charge in [0.1, 0.15) is 15.8 Å². The van der Waals surface area contributed by atoms with Crippen molar-refractivity contribution >= 4 is 29.0 Å². The molecule has 0 aromatic carbocycles. The molecular formula is C15H12ClF3N4OS. The smallest absolute Gasteiger partial charge is 0.313 e. The highest BCUT2D eigenvalue weighted by Crippen LogP contribution is 2.38. The van der Waals surface area contributed by atoms with Crippen LogP contribution in [0.25, 0.3) is 5.65 Å². The van der Waals surface area contributed by atoms with Crippen LogP contribution >= 0.6 is 23.4 Å². The van der Waals surface area contributed by atoms with Crippen LogP contribution in [0.1, 0.15) is 17.3 Å². The number of aromatic nitrogens is 4. The van der Waals surface area contributed by atoms with Crippen LogP contribution in [0.3, 0.4) is 0 Å². The molecule has 25 heavy (non-hydrogen) atoms. The number of halogens is 4. The SMILES string of the molecule is CSc1cc2n(C(c3ccc(Cl)nc3)C(F)(F)F)c(C)cc(=O)n2n1. The summed E-state index contributed by atoms with van der Waals surface area (Å²) in [7, 11) is 0. The predicted molar refractivity (Wildman–Crippen MR) is 89.4 cm³/mol. The summed E-state index contributed by atoms with van der Waals surface area (Å²) in [5, 5.41) is 4.60. The van der Waals surface area contributed by atoms with E-state index in [-0.39, 0.29) is 22.1 Å². The van der Waals surface area contributed by atoms with E-state index in [2.05, 4.69) is 10.1 Å². The zero-order valence-electron chi connectivity index (χ0n) is 13.1. The third-order valence-electron chi connectivity index (χ3n) is 3.68. The molecule has 3 heterocycles. The summed E-state index contributed by atoms with van der Waals surface area (Å²) in [5.74, 6) is 0. The fraction of sp³-hybridized carbons (Fsp3) is 0.267. The Bertz CT molecular complexity index is 981. The van der Waals surface area contributed by atoms with Crippen LogP contribution in [0.5, 0.6) is 0 Å². The lowest BCUT2D eigenvalue weighted by Crippen LogP contribution is -2.32. The summed E-state index contributed by atoms with van der Waals surface area (Å²) < 4.78 is 43.7. The standard InChI is InChI=1S/C15H12ClF3N4OS/c1-8-5-13(24)23-12(6-11(21-23)25-2)22(8)14(15(17,18)19)9-3-4-10(16)20-7-9/h3-7,14H,1-2H3. The summed E-state index contributed by atoms with van der Waals surface area (Å²) >= 11 is 6.93. The molecule has 132 valence electrons. The maximum Gasteiger partial charge on any atom is 0.413 e. The van der Waals surface area contributed by atoms with Crippen molar-refractivity contribution in [1.82, 2.24) is 19.2 Å². The molecule has 3 aromatic heterocycles.